The Hall–Kier alpha value is -2.35. The molecule has 0 aliphatic carbocycles. The SMILES string of the molecule is CC(C)n1cc(Br)cc1C(=O)N1CCN(c2ccccc2[N+](=O)[O-])CC1. The Morgan fingerprint density at radius 1 is 1.19 bits per heavy atom. The number of nitro groups is 1. The Morgan fingerprint density at radius 2 is 1.85 bits per heavy atom. The maximum absolute atomic E-state index is 12.9. The molecule has 0 saturated carbocycles. The van der Waals surface area contributed by atoms with E-state index >= 15 is 0 Å². The van der Waals surface area contributed by atoms with Crippen molar-refractivity contribution in [1.82, 2.24) is 9.47 Å². The first-order chi connectivity index (χ1) is 12.4. The lowest BCUT2D eigenvalue weighted by atomic mass is 10.2. The maximum Gasteiger partial charge on any atom is 0.292 e. The summed E-state index contributed by atoms with van der Waals surface area (Å²) in [5.41, 5.74) is 1.37. The number of carbonyl (C=O) groups is 1. The van der Waals surface area contributed by atoms with Crippen LogP contribution in [0.25, 0.3) is 0 Å². The van der Waals surface area contributed by atoms with Crippen molar-refractivity contribution in [2.24, 2.45) is 0 Å². The summed E-state index contributed by atoms with van der Waals surface area (Å²) in [5.74, 6) is -0.00777. The number of aromatic nitrogens is 1. The molecule has 1 aromatic carbocycles. The molecule has 1 aliphatic heterocycles. The molecular formula is C18H21BrN4O3. The molecule has 0 spiro atoms. The number of carbonyl (C=O) groups excluding carboxylic acids is 1. The molecule has 0 unspecified atom stereocenters. The van der Waals surface area contributed by atoms with E-state index in [1.165, 1.54) is 6.07 Å². The van der Waals surface area contributed by atoms with Gasteiger partial charge in [-0.25, -0.2) is 0 Å². The molecule has 1 saturated heterocycles. The van der Waals surface area contributed by atoms with Crippen molar-refractivity contribution >= 4 is 33.2 Å². The van der Waals surface area contributed by atoms with Crippen molar-refractivity contribution < 1.29 is 9.72 Å². The quantitative estimate of drug-likeness (QED) is 0.558. The summed E-state index contributed by atoms with van der Waals surface area (Å²) in [7, 11) is 0. The van der Waals surface area contributed by atoms with Crippen LogP contribution < -0.4 is 4.90 Å². The van der Waals surface area contributed by atoms with Crippen molar-refractivity contribution in [3.63, 3.8) is 0 Å². The zero-order valence-electron chi connectivity index (χ0n) is 14.8. The molecule has 7 nitrogen and oxygen atoms in total. The fourth-order valence-electron chi connectivity index (χ4n) is 3.24. The van der Waals surface area contributed by atoms with Gasteiger partial charge in [-0.15, -0.1) is 0 Å². The van der Waals surface area contributed by atoms with Crippen molar-refractivity contribution in [3.8, 4) is 0 Å². The van der Waals surface area contributed by atoms with Gasteiger partial charge in [0.25, 0.3) is 11.6 Å². The molecule has 1 amide bonds. The van der Waals surface area contributed by atoms with Crippen molar-refractivity contribution in [3.05, 3.63) is 56.8 Å². The Morgan fingerprint density at radius 3 is 2.46 bits per heavy atom. The molecular weight excluding hydrogens is 400 g/mol. The predicted molar refractivity (Wildman–Crippen MR) is 104 cm³/mol. The number of nitro benzene ring substituents is 1. The number of hydrogen-bond acceptors (Lipinski definition) is 4. The summed E-state index contributed by atoms with van der Waals surface area (Å²) in [4.78, 5) is 27.6. The summed E-state index contributed by atoms with van der Waals surface area (Å²) in [6, 6.07) is 8.77. The minimum atomic E-state index is -0.361. The molecule has 1 aromatic heterocycles. The highest BCUT2D eigenvalue weighted by atomic mass is 79.9. The van der Waals surface area contributed by atoms with Gasteiger partial charge >= 0.3 is 0 Å². The van der Waals surface area contributed by atoms with Gasteiger partial charge in [-0.1, -0.05) is 12.1 Å². The van der Waals surface area contributed by atoms with Crippen LogP contribution in [0.15, 0.2) is 41.0 Å². The van der Waals surface area contributed by atoms with Gasteiger partial charge in [0.15, 0.2) is 0 Å². The van der Waals surface area contributed by atoms with Gasteiger partial charge in [0, 0.05) is 49.0 Å². The Balaban J connectivity index is 1.73. The van der Waals surface area contributed by atoms with Gasteiger partial charge < -0.3 is 14.4 Å². The zero-order chi connectivity index (χ0) is 18.8. The van der Waals surface area contributed by atoms with E-state index < -0.39 is 0 Å². The maximum atomic E-state index is 12.9. The van der Waals surface area contributed by atoms with Gasteiger partial charge in [-0.3, -0.25) is 14.9 Å². The second kappa shape index (κ2) is 7.49. The number of hydrogen-bond donors (Lipinski definition) is 0. The standard InChI is InChI=1S/C18H21BrN4O3/c1-13(2)22-12-14(19)11-17(22)18(24)21-9-7-20(8-10-21)15-5-3-4-6-16(15)23(25)26/h3-6,11-13H,7-10H2,1-2H3. The fourth-order valence-corrected chi connectivity index (χ4v) is 3.68. The van der Waals surface area contributed by atoms with Crippen LogP contribution in [0, 0.1) is 10.1 Å². The number of anilines is 1. The molecule has 2 aromatic rings. The Kier molecular flexibility index (Phi) is 5.31. The summed E-state index contributed by atoms with van der Waals surface area (Å²) >= 11 is 3.44. The van der Waals surface area contributed by atoms with Crippen molar-refractivity contribution in [2.45, 2.75) is 19.9 Å². The van der Waals surface area contributed by atoms with E-state index in [-0.39, 0.29) is 22.6 Å². The molecule has 0 bridgehead atoms. The molecule has 138 valence electrons. The van der Waals surface area contributed by atoms with Crippen LogP contribution in [0.1, 0.15) is 30.4 Å². The summed E-state index contributed by atoms with van der Waals surface area (Å²) in [6.07, 6.45) is 1.92. The molecule has 3 rings (SSSR count). The van der Waals surface area contributed by atoms with Gasteiger partial charge in [0.1, 0.15) is 11.4 Å². The van der Waals surface area contributed by atoms with Crippen LogP contribution in [0.2, 0.25) is 0 Å². The van der Waals surface area contributed by atoms with E-state index in [1.807, 2.05) is 40.5 Å². The molecule has 8 heteroatoms. The van der Waals surface area contributed by atoms with E-state index in [2.05, 4.69) is 15.9 Å². The largest absolute Gasteiger partial charge is 0.362 e. The first-order valence-electron chi connectivity index (χ1n) is 8.53. The molecule has 0 atom stereocenters. The summed E-state index contributed by atoms with van der Waals surface area (Å²) in [6.45, 7) is 6.28. The monoisotopic (exact) mass is 420 g/mol. The minimum absolute atomic E-state index is 0.00777. The lowest BCUT2D eigenvalue weighted by Crippen LogP contribution is -2.49. The first kappa shape index (κ1) is 18.4. The van der Waals surface area contributed by atoms with Crippen LogP contribution in [0.5, 0.6) is 0 Å². The Labute approximate surface area is 160 Å². The predicted octanol–water partition coefficient (Wildman–Crippen LogP) is 3.70. The number of amides is 1. The molecule has 1 fully saturated rings. The Bertz CT molecular complexity index is 826. The third-order valence-electron chi connectivity index (χ3n) is 4.58. The highest BCUT2D eigenvalue weighted by Crippen LogP contribution is 2.29. The first-order valence-corrected chi connectivity index (χ1v) is 9.33. The van der Waals surface area contributed by atoms with Gasteiger partial charge in [0.05, 0.1) is 4.92 Å². The van der Waals surface area contributed by atoms with E-state index in [9.17, 15) is 14.9 Å². The third kappa shape index (κ3) is 3.60. The van der Waals surface area contributed by atoms with Crippen molar-refractivity contribution in [1.29, 1.82) is 0 Å². The number of nitrogens with zero attached hydrogens (tertiary/aromatic N) is 4. The molecule has 2 heterocycles. The zero-order valence-corrected chi connectivity index (χ0v) is 16.3. The van der Waals surface area contributed by atoms with Crippen LogP contribution in [-0.4, -0.2) is 46.5 Å². The van der Waals surface area contributed by atoms with E-state index in [1.54, 1.807) is 18.2 Å². The van der Waals surface area contributed by atoms with Crippen LogP contribution in [-0.2, 0) is 0 Å². The molecule has 0 N–H and O–H groups in total. The number of rotatable bonds is 4. The van der Waals surface area contributed by atoms with Gasteiger partial charge in [0.2, 0.25) is 0 Å². The average Bonchev–Trinajstić information content (AvgIpc) is 3.03. The lowest BCUT2D eigenvalue weighted by molar-refractivity contribution is -0.384. The van der Waals surface area contributed by atoms with Crippen molar-refractivity contribution in [2.75, 3.05) is 31.1 Å². The normalized spacial score (nSPS) is 14.8. The second-order valence-corrected chi connectivity index (χ2v) is 7.49. The molecule has 0 radical (unpaired) electrons. The van der Waals surface area contributed by atoms with Crippen LogP contribution in [0.3, 0.4) is 0 Å². The van der Waals surface area contributed by atoms with Gasteiger partial charge in [-0.05, 0) is 41.9 Å². The summed E-state index contributed by atoms with van der Waals surface area (Å²) in [5, 5.41) is 11.2. The average molecular weight is 421 g/mol. The van der Waals surface area contributed by atoms with Crippen LogP contribution >= 0.6 is 15.9 Å². The number of benzene rings is 1. The van der Waals surface area contributed by atoms with E-state index in [0.717, 1.165) is 4.47 Å². The fraction of sp³-hybridized carbons (Fsp3) is 0.389. The summed E-state index contributed by atoms with van der Waals surface area (Å²) < 4.78 is 2.84. The second-order valence-electron chi connectivity index (χ2n) is 6.57. The smallest absolute Gasteiger partial charge is 0.292 e. The molecule has 26 heavy (non-hydrogen) atoms. The number of para-hydroxylation sites is 2. The van der Waals surface area contributed by atoms with E-state index in [4.69, 9.17) is 0 Å². The van der Waals surface area contributed by atoms with Crippen LogP contribution in [0.4, 0.5) is 11.4 Å². The third-order valence-corrected chi connectivity index (χ3v) is 5.01. The topological polar surface area (TPSA) is 71.6 Å². The number of halogens is 1. The highest BCUT2D eigenvalue weighted by molar-refractivity contribution is 9.10. The van der Waals surface area contributed by atoms with Gasteiger partial charge in [-0.2, -0.15) is 0 Å². The van der Waals surface area contributed by atoms with E-state index in [0.29, 0.717) is 37.6 Å². The molecule has 1 aliphatic rings. The minimum Gasteiger partial charge on any atom is -0.362 e. The highest BCUT2D eigenvalue weighted by Gasteiger charge is 2.27. The number of piperazine rings is 1. The lowest BCUT2D eigenvalue weighted by Gasteiger charge is -2.36.